The normalized spacial score (nSPS) is 12.4. The van der Waals surface area contributed by atoms with Gasteiger partial charge in [-0.1, -0.05) is 26.2 Å². The number of ether oxygens (including phenoxy) is 1. The molecule has 0 fully saturated rings. The van der Waals surface area contributed by atoms with Crippen molar-refractivity contribution in [3.05, 3.63) is 0 Å². The smallest absolute Gasteiger partial charge is 0.313 e. The lowest BCUT2D eigenvalue weighted by Crippen LogP contribution is -2.32. The van der Waals surface area contributed by atoms with Crippen molar-refractivity contribution in [2.75, 3.05) is 19.5 Å². The first kappa shape index (κ1) is 17.4. The van der Waals surface area contributed by atoms with E-state index in [1.165, 1.54) is 0 Å². The van der Waals surface area contributed by atoms with Crippen molar-refractivity contribution in [1.82, 2.24) is 0 Å². The van der Waals surface area contributed by atoms with Crippen molar-refractivity contribution in [1.29, 1.82) is 0 Å². The number of hydrogen-bond donors (Lipinski definition) is 0. The highest BCUT2D eigenvalue weighted by Gasteiger charge is 2.31. The first-order valence-corrected chi connectivity index (χ1v) is 8.02. The predicted octanol–water partition coefficient (Wildman–Crippen LogP) is 2.11. The van der Waals surface area contributed by atoms with Crippen molar-refractivity contribution in [3.63, 3.8) is 0 Å². The highest BCUT2D eigenvalue weighted by Crippen LogP contribution is 2.19. The van der Waals surface area contributed by atoms with E-state index in [4.69, 9.17) is 4.74 Å². The van der Waals surface area contributed by atoms with Gasteiger partial charge in [-0.2, -0.15) is 8.42 Å². The molecular weight excluding hydrogens is 256 g/mol. The molecule has 0 heterocycles. The van der Waals surface area contributed by atoms with Crippen LogP contribution >= 0.6 is 0 Å². The van der Waals surface area contributed by atoms with E-state index in [9.17, 15) is 13.2 Å². The van der Waals surface area contributed by atoms with Gasteiger partial charge in [0, 0.05) is 0 Å². The molecule has 0 spiro atoms. The van der Waals surface area contributed by atoms with Crippen LogP contribution in [-0.2, 0) is 23.8 Å². The summed E-state index contributed by atoms with van der Waals surface area (Å²) in [6.07, 6.45) is 5.07. The molecule has 0 N–H and O–H groups in total. The summed E-state index contributed by atoms with van der Waals surface area (Å²) >= 11 is 0. The summed E-state index contributed by atoms with van der Waals surface area (Å²) < 4.78 is 31.5. The number of esters is 1. The molecule has 0 aliphatic carbocycles. The Hall–Kier alpha value is -0.620. The van der Waals surface area contributed by atoms with E-state index < -0.39 is 21.5 Å². The average molecular weight is 280 g/mol. The molecule has 0 aliphatic heterocycles. The lowest BCUT2D eigenvalue weighted by molar-refractivity contribution is -0.155. The van der Waals surface area contributed by atoms with E-state index in [1.807, 2.05) is 0 Å². The second-order valence-corrected chi connectivity index (χ2v) is 6.69. The van der Waals surface area contributed by atoms with E-state index in [-0.39, 0.29) is 6.61 Å². The molecule has 0 saturated carbocycles. The zero-order valence-corrected chi connectivity index (χ0v) is 12.5. The van der Waals surface area contributed by atoms with Gasteiger partial charge in [0.25, 0.3) is 10.1 Å². The van der Waals surface area contributed by atoms with Gasteiger partial charge in [0.05, 0.1) is 24.9 Å². The van der Waals surface area contributed by atoms with Crippen molar-refractivity contribution < 1.29 is 22.1 Å². The summed E-state index contributed by atoms with van der Waals surface area (Å²) in [5.41, 5.74) is -0.951. The molecule has 0 radical (unpaired) electrons. The third-order valence-corrected chi connectivity index (χ3v) is 2.96. The van der Waals surface area contributed by atoms with Gasteiger partial charge in [0.1, 0.15) is 0 Å². The minimum atomic E-state index is -3.53. The van der Waals surface area contributed by atoms with Crippen molar-refractivity contribution in [2.45, 2.75) is 46.5 Å². The zero-order valence-electron chi connectivity index (χ0n) is 11.7. The Morgan fingerprint density at radius 3 is 2.28 bits per heavy atom. The van der Waals surface area contributed by atoms with Crippen LogP contribution in [0.15, 0.2) is 0 Å². The maximum absolute atomic E-state index is 11.7. The van der Waals surface area contributed by atoms with Crippen LogP contribution in [0.1, 0.15) is 46.5 Å². The monoisotopic (exact) mass is 280 g/mol. The Balaban J connectivity index is 3.99. The molecule has 108 valence electrons. The number of rotatable bonds is 9. The standard InChI is InChI=1S/C12H24O5S/c1-5-6-7-8-9-16-11(13)12(2,3)10-17-18(4,14)15/h5-10H2,1-4H3. The van der Waals surface area contributed by atoms with Crippen LogP contribution in [0.25, 0.3) is 0 Å². The van der Waals surface area contributed by atoms with Crippen LogP contribution in [0, 0.1) is 5.41 Å². The fraction of sp³-hybridized carbons (Fsp3) is 0.917. The SMILES string of the molecule is CCCCCCOC(=O)C(C)(C)COS(C)(=O)=O. The Bertz CT molecular complexity index is 345. The van der Waals surface area contributed by atoms with Gasteiger partial charge < -0.3 is 4.74 Å². The molecule has 0 aromatic rings. The van der Waals surface area contributed by atoms with E-state index in [2.05, 4.69) is 11.1 Å². The summed E-state index contributed by atoms with van der Waals surface area (Å²) in [5, 5.41) is 0. The van der Waals surface area contributed by atoms with Crippen molar-refractivity contribution in [3.8, 4) is 0 Å². The van der Waals surface area contributed by atoms with Gasteiger partial charge in [0.2, 0.25) is 0 Å². The van der Waals surface area contributed by atoms with E-state index in [0.29, 0.717) is 6.61 Å². The number of unbranched alkanes of at least 4 members (excludes halogenated alkanes) is 3. The molecule has 0 atom stereocenters. The summed E-state index contributed by atoms with van der Waals surface area (Å²) in [7, 11) is -3.53. The van der Waals surface area contributed by atoms with E-state index >= 15 is 0 Å². The second kappa shape index (κ2) is 7.74. The zero-order chi connectivity index (χ0) is 14.2. The Morgan fingerprint density at radius 2 is 1.78 bits per heavy atom. The number of carbonyl (C=O) groups excluding carboxylic acids is 1. The summed E-state index contributed by atoms with van der Waals surface area (Å²) in [4.78, 5) is 11.7. The van der Waals surface area contributed by atoms with Gasteiger partial charge in [-0.3, -0.25) is 8.98 Å². The third-order valence-electron chi connectivity index (χ3n) is 2.42. The molecule has 0 bridgehead atoms. The minimum Gasteiger partial charge on any atom is -0.465 e. The fourth-order valence-electron chi connectivity index (χ4n) is 1.20. The highest BCUT2D eigenvalue weighted by atomic mass is 32.2. The third kappa shape index (κ3) is 8.47. The molecule has 0 aromatic heterocycles. The average Bonchev–Trinajstić information content (AvgIpc) is 2.25. The molecule has 6 heteroatoms. The molecule has 18 heavy (non-hydrogen) atoms. The lowest BCUT2D eigenvalue weighted by atomic mass is 9.95. The topological polar surface area (TPSA) is 69.7 Å². The predicted molar refractivity (Wildman–Crippen MR) is 69.7 cm³/mol. The van der Waals surface area contributed by atoms with Crippen LogP contribution < -0.4 is 0 Å². The molecular formula is C12H24O5S. The van der Waals surface area contributed by atoms with Crippen LogP contribution in [0.2, 0.25) is 0 Å². The van der Waals surface area contributed by atoms with Crippen LogP contribution in [0.3, 0.4) is 0 Å². The molecule has 0 aliphatic rings. The molecule has 0 unspecified atom stereocenters. The van der Waals surface area contributed by atoms with E-state index in [0.717, 1.165) is 31.9 Å². The van der Waals surface area contributed by atoms with E-state index in [1.54, 1.807) is 13.8 Å². The van der Waals surface area contributed by atoms with Crippen LogP contribution in [0.4, 0.5) is 0 Å². The van der Waals surface area contributed by atoms with Gasteiger partial charge in [-0.05, 0) is 20.3 Å². The maximum atomic E-state index is 11.7. The van der Waals surface area contributed by atoms with Gasteiger partial charge in [-0.15, -0.1) is 0 Å². The van der Waals surface area contributed by atoms with Gasteiger partial charge in [-0.25, -0.2) is 0 Å². The van der Waals surface area contributed by atoms with Crippen molar-refractivity contribution in [2.24, 2.45) is 5.41 Å². The Kier molecular flexibility index (Phi) is 7.47. The molecule has 5 nitrogen and oxygen atoms in total. The first-order valence-electron chi connectivity index (χ1n) is 6.20. The summed E-state index contributed by atoms with van der Waals surface area (Å²) in [6, 6.07) is 0. The van der Waals surface area contributed by atoms with Crippen LogP contribution in [0.5, 0.6) is 0 Å². The lowest BCUT2D eigenvalue weighted by Gasteiger charge is -2.21. The summed E-state index contributed by atoms with van der Waals surface area (Å²) in [6.45, 7) is 5.50. The summed E-state index contributed by atoms with van der Waals surface area (Å²) in [5.74, 6) is -0.428. The molecule has 0 rings (SSSR count). The second-order valence-electron chi connectivity index (χ2n) is 5.05. The highest BCUT2D eigenvalue weighted by molar-refractivity contribution is 7.85. The number of carbonyl (C=O) groups is 1. The number of hydrogen-bond acceptors (Lipinski definition) is 5. The molecule has 0 amide bonds. The van der Waals surface area contributed by atoms with Crippen molar-refractivity contribution >= 4 is 16.1 Å². The van der Waals surface area contributed by atoms with Gasteiger partial charge >= 0.3 is 5.97 Å². The Morgan fingerprint density at radius 1 is 1.17 bits per heavy atom. The quantitative estimate of drug-likeness (QED) is 0.367. The molecule has 0 aromatic carbocycles. The Labute approximate surface area is 110 Å². The van der Waals surface area contributed by atoms with Crippen LogP contribution in [-0.4, -0.2) is 33.9 Å². The minimum absolute atomic E-state index is 0.195. The maximum Gasteiger partial charge on any atom is 0.313 e. The largest absolute Gasteiger partial charge is 0.465 e. The van der Waals surface area contributed by atoms with Gasteiger partial charge in [0.15, 0.2) is 0 Å². The molecule has 0 saturated heterocycles. The fourth-order valence-corrected chi connectivity index (χ4v) is 1.71. The first-order chi connectivity index (χ1) is 8.19.